The van der Waals surface area contributed by atoms with Gasteiger partial charge in [0.2, 0.25) is 0 Å². The molecule has 5 heteroatoms. The fourth-order valence-corrected chi connectivity index (χ4v) is 0. The second-order valence-electron chi connectivity index (χ2n) is 0.0583. The van der Waals surface area contributed by atoms with Gasteiger partial charge in [-0.1, -0.05) is 0 Å². The average molecular weight is 401 g/mol. The summed E-state index contributed by atoms with van der Waals surface area (Å²) in [5.41, 5.74) is 0. The molecule has 0 aromatic heterocycles. The van der Waals surface area contributed by atoms with Crippen LogP contribution in [-0.4, -0.2) is 27.3 Å². The molecule has 5 heavy (non-hydrogen) atoms. The van der Waals surface area contributed by atoms with E-state index in [9.17, 15) is 0 Å². The minimum atomic E-state index is 0. The molecule has 0 bridgehead atoms. The van der Waals surface area contributed by atoms with Gasteiger partial charge in [-0.15, -0.1) is 0 Å². The molecule has 0 heterocycles. The van der Waals surface area contributed by atoms with Crippen LogP contribution in [0.25, 0.3) is 0 Å². The third-order valence-electron chi connectivity index (χ3n) is 0. The second-order valence-corrected chi connectivity index (χ2v) is 0.0583. The van der Waals surface area contributed by atoms with E-state index in [0.717, 1.165) is 0 Å². The molecule has 0 spiro atoms. The zero-order chi connectivity index (χ0) is 2.71. The molecule has 0 aromatic carbocycles. The molecule has 0 N–H and O–H groups in total. The van der Waals surface area contributed by atoms with E-state index >= 15 is 0 Å². The molecule has 0 rings (SSSR count). The second kappa shape index (κ2) is 16.5. The summed E-state index contributed by atoms with van der Waals surface area (Å²) in [6, 6.07) is 0. The fraction of sp³-hybridized carbons (Fsp3) is 0. The number of hydrogen-bond acceptors (Lipinski definition) is 1. The van der Waals surface area contributed by atoms with Crippen LogP contribution in [0.15, 0.2) is 0 Å². The van der Waals surface area contributed by atoms with Crippen molar-refractivity contribution in [3.63, 3.8) is 0 Å². The summed E-state index contributed by atoms with van der Waals surface area (Å²) >= 11 is 0. The first kappa shape index (κ1) is 15.7. The number of halogens is 2. The van der Waals surface area contributed by atoms with Gasteiger partial charge in [0.1, 0.15) is 0 Å². The molecule has 0 aliphatic carbocycles. The first-order valence-corrected chi connectivity index (χ1v) is 0.309. The zero-order valence-corrected chi connectivity index (χ0v) is 9.19. The van der Waals surface area contributed by atoms with Gasteiger partial charge in [0, 0.05) is 74.2 Å². The van der Waals surface area contributed by atoms with Gasteiger partial charge in [-0.2, -0.15) is 0 Å². The van der Waals surface area contributed by atoms with Crippen molar-refractivity contribution in [3.05, 3.63) is 0 Å². The zero-order valence-electron chi connectivity index (χ0n) is 2.16. The summed E-state index contributed by atoms with van der Waals surface area (Å²) < 4.78 is 18.2. The standard InChI is InChI=1S/Ce.F2O.Pb/c;1-3-2;. The third-order valence-corrected chi connectivity index (χ3v) is 0. The van der Waals surface area contributed by atoms with Gasteiger partial charge < -0.3 is 0 Å². The van der Waals surface area contributed by atoms with E-state index in [2.05, 4.69) is 0 Å². The molecule has 0 aromatic rings. The maximum absolute atomic E-state index is 9.12. The molecule has 0 aliphatic rings. The summed E-state index contributed by atoms with van der Waals surface area (Å²) in [5, 5.41) is 1.25. The molecule has 0 saturated heterocycles. The van der Waals surface area contributed by atoms with Crippen LogP contribution < -0.4 is 0 Å². The Morgan fingerprint density at radius 1 is 1.20 bits per heavy atom. The van der Waals surface area contributed by atoms with E-state index in [0.29, 0.717) is 0 Å². The van der Waals surface area contributed by atoms with Gasteiger partial charge in [-0.3, -0.25) is 0 Å². The molecule has 0 saturated carbocycles. The van der Waals surface area contributed by atoms with E-state index in [1.54, 1.807) is 0 Å². The Kier molecular flexibility index (Phi) is 51.8. The van der Waals surface area contributed by atoms with Crippen molar-refractivity contribution in [1.29, 1.82) is 0 Å². The predicted molar refractivity (Wildman–Crippen MR) is 9.05 cm³/mol. The Hall–Kier alpha value is 2.12. The Labute approximate surface area is 81.8 Å². The molecule has 0 unspecified atom stereocenters. The monoisotopic (exact) mass is 402 g/mol. The Balaban J connectivity index is -0.0000000200. The Morgan fingerprint density at radius 2 is 1.20 bits per heavy atom. The molecule has 28 valence electrons. The molecule has 0 aliphatic heterocycles. The molecule has 0 amide bonds. The molecular formula is CeF2OPb. The van der Waals surface area contributed by atoms with Gasteiger partial charge in [-0.25, -0.2) is 0 Å². The summed E-state index contributed by atoms with van der Waals surface area (Å²) in [4.78, 5) is 0. The molecule has 1 nitrogen and oxygen atoms in total. The summed E-state index contributed by atoms with van der Waals surface area (Å²) in [5.74, 6) is 0. The van der Waals surface area contributed by atoms with Gasteiger partial charge in [0.15, 0.2) is 0 Å². The van der Waals surface area contributed by atoms with Crippen LogP contribution >= 0.6 is 0 Å². The third kappa shape index (κ3) is 23.1. The molecular weight excluding hydrogens is 401 g/mol. The van der Waals surface area contributed by atoms with Crippen LogP contribution in [0.5, 0.6) is 0 Å². The smallest absolute Gasteiger partial charge is 0.0104 e. The van der Waals surface area contributed by atoms with Crippen LogP contribution in [0.1, 0.15) is 0 Å². The van der Waals surface area contributed by atoms with Crippen molar-refractivity contribution in [2.75, 3.05) is 0 Å². The number of rotatable bonds is 0. The normalized spacial score (nSPS) is 3.60. The molecule has 4 radical (unpaired) electrons. The van der Waals surface area contributed by atoms with Crippen molar-refractivity contribution < 1.29 is 55.9 Å². The van der Waals surface area contributed by atoms with Crippen molar-refractivity contribution >= 4 is 27.3 Å². The summed E-state index contributed by atoms with van der Waals surface area (Å²) in [7, 11) is 0. The van der Waals surface area contributed by atoms with E-state index in [1.165, 1.54) is 5.15 Å². The minimum absolute atomic E-state index is 0. The van der Waals surface area contributed by atoms with E-state index in [1.807, 2.05) is 0 Å². The minimum Gasteiger partial charge on any atom is -0.0104 e. The van der Waals surface area contributed by atoms with Crippen LogP contribution in [0.3, 0.4) is 0 Å². The van der Waals surface area contributed by atoms with Gasteiger partial charge in [0.05, 0.1) is 0 Å². The van der Waals surface area contributed by atoms with Crippen LogP contribution in [0.4, 0.5) is 9.05 Å². The van der Waals surface area contributed by atoms with E-state index in [4.69, 9.17) is 9.05 Å². The van der Waals surface area contributed by atoms with Gasteiger partial charge in [0.25, 0.3) is 0 Å². The fourth-order valence-electron chi connectivity index (χ4n) is 0. The van der Waals surface area contributed by atoms with Crippen molar-refractivity contribution in [2.24, 2.45) is 0 Å². The Morgan fingerprint density at radius 3 is 1.20 bits per heavy atom. The SMILES string of the molecule is FOF.[Ce].[Pb]. The van der Waals surface area contributed by atoms with Crippen LogP contribution in [-0.2, 0) is 5.15 Å². The molecule has 0 atom stereocenters. The summed E-state index contributed by atoms with van der Waals surface area (Å²) in [6.07, 6.45) is 0. The summed E-state index contributed by atoms with van der Waals surface area (Å²) in [6.45, 7) is 0. The van der Waals surface area contributed by atoms with Crippen LogP contribution in [0, 0.1) is 41.7 Å². The van der Waals surface area contributed by atoms with Gasteiger partial charge in [-0.05, 0) is 9.05 Å². The van der Waals surface area contributed by atoms with Crippen LogP contribution in [0.2, 0.25) is 0 Å². The van der Waals surface area contributed by atoms with E-state index in [-0.39, 0.29) is 69.0 Å². The van der Waals surface area contributed by atoms with E-state index < -0.39 is 0 Å². The van der Waals surface area contributed by atoms with Crippen molar-refractivity contribution in [1.82, 2.24) is 0 Å². The topological polar surface area (TPSA) is 9.23 Å². The van der Waals surface area contributed by atoms with Crippen molar-refractivity contribution in [3.8, 4) is 0 Å². The van der Waals surface area contributed by atoms with Gasteiger partial charge >= 0.3 is 0 Å². The predicted octanol–water partition coefficient (Wildman–Crippen LogP) is 0.391. The quantitative estimate of drug-likeness (QED) is 0.534. The average Bonchev–Trinajstić information content (AvgIpc) is 0.918. The maximum atomic E-state index is 9.12. The first-order valence-electron chi connectivity index (χ1n) is 0.309. The Bertz CT molecular complexity index is 9.61. The number of hydrogen-bond donors (Lipinski definition) is 0. The first-order chi connectivity index (χ1) is 1.41. The largest absolute Gasteiger partial charge is 0.0209 e. The maximum Gasteiger partial charge on any atom is 0.0209 e. The van der Waals surface area contributed by atoms with Crippen molar-refractivity contribution in [2.45, 2.75) is 0 Å². The molecule has 0 fully saturated rings.